The highest BCUT2D eigenvalue weighted by Crippen LogP contribution is 2.37. The summed E-state index contributed by atoms with van der Waals surface area (Å²) in [7, 11) is -3.67. The molecule has 0 spiro atoms. The van der Waals surface area contributed by atoms with E-state index >= 15 is 0 Å². The van der Waals surface area contributed by atoms with Gasteiger partial charge in [-0.15, -0.1) is 23.1 Å². The molecule has 8 nitrogen and oxygen atoms in total. The summed E-state index contributed by atoms with van der Waals surface area (Å²) < 4.78 is 27.6. The smallest absolute Gasteiger partial charge is 0.339 e. The Hall–Kier alpha value is -3.80. The summed E-state index contributed by atoms with van der Waals surface area (Å²) >= 11 is 2.37. The molecule has 0 aliphatic rings. The van der Waals surface area contributed by atoms with Gasteiger partial charge >= 0.3 is 5.97 Å². The predicted molar refractivity (Wildman–Crippen MR) is 140 cm³/mol. The molecule has 11 heteroatoms. The van der Waals surface area contributed by atoms with E-state index in [0.717, 1.165) is 21.8 Å². The van der Waals surface area contributed by atoms with Gasteiger partial charge < -0.3 is 15.5 Å². The Morgan fingerprint density at radius 1 is 0.889 bits per heavy atom. The fourth-order valence-corrected chi connectivity index (χ4v) is 6.33. The second-order valence-electron chi connectivity index (χ2n) is 7.50. The number of thiophene rings is 1. The highest BCUT2D eigenvalue weighted by molar-refractivity contribution is 8.00. The number of aromatic hydroxyl groups is 1. The number of carbonyl (C=O) groups is 2. The summed E-state index contributed by atoms with van der Waals surface area (Å²) in [5.41, 5.74) is 1.02. The minimum absolute atomic E-state index is 0.210. The maximum atomic E-state index is 13.2. The number of aromatic carboxylic acids is 1. The van der Waals surface area contributed by atoms with Crippen molar-refractivity contribution in [1.29, 1.82) is 0 Å². The van der Waals surface area contributed by atoms with Crippen molar-refractivity contribution in [1.82, 2.24) is 0 Å². The van der Waals surface area contributed by atoms with Gasteiger partial charge in [-0.1, -0.05) is 36.4 Å². The minimum atomic E-state index is -3.67. The molecule has 0 fully saturated rings. The van der Waals surface area contributed by atoms with Crippen LogP contribution in [-0.2, 0) is 14.8 Å². The number of amides is 1. The van der Waals surface area contributed by atoms with Crippen LogP contribution in [0.1, 0.15) is 21.2 Å². The normalized spacial score (nSPS) is 12.0. The van der Waals surface area contributed by atoms with E-state index in [1.807, 2.05) is 18.2 Å². The van der Waals surface area contributed by atoms with E-state index in [0.29, 0.717) is 5.69 Å². The zero-order valence-corrected chi connectivity index (χ0v) is 20.9. The molecule has 4 N–H and O–H groups in total. The first kappa shape index (κ1) is 25.3. The Morgan fingerprint density at radius 2 is 1.58 bits per heavy atom. The van der Waals surface area contributed by atoms with Crippen molar-refractivity contribution in [2.24, 2.45) is 0 Å². The second kappa shape index (κ2) is 10.9. The molecule has 0 saturated heterocycles. The number of carboxylic acid groups (broad SMARTS) is 1. The third-order valence-corrected chi connectivity index (χ3v) is 9.00. The van der Waals surface area contributed by atoms with Crippen molar-refractivity contribution in [2.45, 2.75) is 14.4 Å². The van der Waals surface area contributed by atoms with Crippen molar-refractivity contribution in [3.63, 3.8) is 0 Å². The molecule has 0 radical (unpaired) electrons. The van der Waals surface area contributed by atoms with E-state index < -0.39 is 32.9 Å². The molecule has 184 valence electrons. The molecule has 1 heterocycles. The van der Waals surface area contributed by atoms with E-state index in [1.54, 1.807) is 47.8 Å². The summed E-state index contributed by atoms with van der Waals surface area (Å²) in [5.74, 6) is -2.10. The number of sulfonamides is 1. The van der Waals surface area contributed by atoms with Gasteiger partial charge in [0.2, 0.25) is 5.91 Å². The van der Waals surface area contributed by atoms with Gasteiger partial charge in [-0.05, 0) is 59.5 Å². The van der Waals surface area contributed by atoms with E-state index in [1.165, 1.54) is 36.0 Å². The highest BCUT2D eigenvalue weighted by Gasteiger charge is 2.23. The number of phenols is 1. The molecule has 0 bridgehead atoms. The quantitative estimate of drug-likeness (QED) is 0.164. The van der Waals surface area contributed by atoms with Crippen LogP contribution in [-0.4, -0.2) is 30.5 Å². The lowest BCUT2D eigenvalue weighted by atomic mass is 10.1. The van der Waals surface area contributed by atoms with Crippen molar-refractivity contribution in [3.8, 4) is 5.75 Å². The SMILES string of the molecule is O=C(O)c1cc(NC(=O)C(Sc2ccc(NS(=O)(=O)c3cccs3)cc2)c2ccccc2)ccc1O. The van der Waals surface area contributed by atoms with E-state index in [2.05, 4.69) is 10.0 Å². The number of nitrogens with one attached hydrogen (secondary N) is 2. The van der Waals surface area contributed by atoms with Crippen molar-refractivity contribution >= 4 is 56.4 Å². The van der Waals surface area contributed by atoms with Crippen LogP contribution in [0, 0.1) is 0 Å². The molecule has 1 unspecified atom stereocenters. The topological polar surface area (TPSA) is 133 Å². The van der Waals surface area contributed by atoms with Gasteiger partial charge in [0.15, 0.2) is 0 Å². The first-order valence-electron chi connectivity index (χ1n) is 10.5. The molecule has 1 aromatic heterocycles. The molecule has 1 amide bonds. The first-order valence-corrected chi connectivity index (χ1v) is 13.7. The molecular weight excluding hydrogens is 520 g/mol. The number of benzene rings is 3. The number of carbonyl (C=O) groups excluding carboxylic acids is 1. The summed E-state index contributed by atoms with van der Waals surface area (Å²) in [4.78, 5) is 25.3. The van der Waals surface area contributed by atoms with Crippen LogP contribution in [0.5, 0.6) is 5.75 Å². The Bertz CT molecular complexity index is 1470. The summed E-state index contributed by atoms with van der Waals surface area (Å²) in [6, 6.07) is 22.7. The molecule has 36 heavy (non-hydrogen) atoms. The van der Waals surface area contributed by atoms with Gasteiger partial charge in [-0.25, -0.2) is 13.2 Å². The van der Waals surface area contributed by atoms with Crippen LogP contribution < -0.4 is 10.0 Å². The van der Waals surface area contributed by atoms with Gasteiger partial charge in [0.1, 0.15) is 20.8 Å². The number of hydrogen-bond donors (Lipinski definition) is 4. The highest BCUT2D eigenvalue weighted by atomic mass is 32.2. The predicted octanol–water partition coefficient (Wildman–Crippen LogP) is 5.42. The van der Waals surface area contributed by atoms with Gasteiger partial charge in [0, 0.05) is 16.3 Å². The molecule has 3 aromatic carbocycles. The number of rotatable bonds is 9. The zero-order chi connectivity index (χ0) is 25.7. The van der Waals surface area contributed by atoms with Crippen LogP contribution in [0.15, 0.2) is 99.4 Å². The maximum Gasteiger partial charge on any atom is 0.339 e. The molecular formula is C25H20N2O6S3. The monoisotopic (exact) mass is 540 g/mol. The molecule has 4 aromatic rings. The van der Waals surface area contributed by atoms with Gasteiger partial charge in [0.25, 0.3) is 10.0 Å². The molecule has 0 aliphatic heterocycles. The fraction of sp³-hybridized carbons (Fsp3) is 0.0400. The Kier molecular flexibility index (Phi) is 7.63. The number of thioether (sulfide) groups is 1. The van der Waals surface area contributed by atoms with Crippen LogP contribution in [0.25, 0.3) is 0 Å². The lowest BCUT2D eigenvalue weighted by molar-refractivity contribution is -0.115. The van der Waals surface area contributed by atoms with Crippen LogP contribution >= 0.6 is 23.1 Å². The van der Waals surface area contributed by atoms with Crippen molar-refractivity contribution in [2.75, 3.05) is 10.0 Å². The molecule has 0 saturated carbocycles. The Labute approximate surface area is 215 Å². The summed E-state index contributed by atoms with van der Waals surface area (Å²) in [6.07, 6.45) is 0. The third-order valence-electron chi connectivity index (χ3n) is 4.96. The average Bonchev–Trinajstić information content (AvgIpc) is 3.41. The van der Waals surface area contributed by atoms with Crippen molar-refractivity contribution in [3.05, 3.63) is 101 Å². The number of carboxylic acids is 1. The third kappa shape index (κ3) is 6.06. The standard InChI is InChI=1S/C25H20N2O6S3/c28-21-13-10-18(15-20(21)25(30)31)26-24(29)23(16-5-2-1-3-6-16)35-19-11-8-17(9-12-19)27-36(32,33)22-7-4-14-34-22/h1-15,23,27-28H,(H,26,29)(H,30,31). The lowest BCUT2D eigenvalue weighted by Gasteiger charge is -2.18. The van der Waals surface area contributed by atoms with Crippen LogP contribution in [0.3, 0.4) is 0 Å². The van der Waals surface area contributed by atoms with Crippen molar-refractivity contribution < 1.29 is 28.2 Å². The minimum Gasteiger partial charge on any atom is -0.507 e. The maximum absolute atomic E-state index is 13.2. The van der Waals surface area contributed by atoms with E-state index in [4.69, 9.17) is 0 Å². The number of anilines is 2. The first-order chi connectivity index (χ1) is 17.2. The summed E-state index contributed by atoms with van der Waals surface area (Å²) in [6.45, 7) is 0. The fourth-order valence-electron chi connectivity index (χ4n) is 3.25. The summed E-state index contributed by atoms with van der Waals surface area (Å²) in [5, 5.41) is 22.7. The zero-order valence-electron chi connectivity index (χ0n) is 18.5. The largest absolute Gasteiger partial charge is 0.507 e. The van der Waals surface area contributed by atoms with E-state index in [-0.39, 0.29) is 15.5 Å². The van der Waals surface area contributed by atoms with E-state index in [9.17, 15) is 28.2 Å². The van der Waals surface area contributed by atoms with Crippen LogP contribution in [0.4, 0.5) is 11.4 Å². The molecule has 1 atom stereocenters. The Balaban J connectivity index is 1.54. The lowest BCUT2D eigenvalue weighted by Crippen LogP contribution is -2.19. The van der Waals surface area contributed by atoms with Gasteiger partial charge in [0.05, 0.1) is 0 Å². The second-order valence-corrected chi connectivity index (χ2v) is 11.5. The molecule has 0 aliphatic carbocycles. The Morgan fingerprint density at radius 3 is 2.22 bits per heavy atom. The van der Waals surface area contributed by atoms with Gasteiger partial charge in [-0.3, -0.25) is 9.52 Å². The average molecular weight is 541 g/mol. The van der Waals surface area contributed by atoms with Crippen LogP contribution in [0.2, 0.25) is 0 Å². The molecule has 4 rings (SSSR count). The number of hydrogen-bond acceptors (Lipinski definition) is 7. The van der Waals surface area contributed by atoms with Gasteiger partial charge in [-0.2, -0.15) is 0 Å².